The molecule has 0 spiro atoms. The number of hydrogen-bond acceptors (Lipinski definition) is 6. The van der Waals surface area contributed by atoms with Crippen LogP contribution in [0.15, 0.2) is 49.2 Å². The van der Waals surface area contributed by atoms with Crippen molar-refractivity contribution in [2.75, 3.05) is 25.0 Å². The number of rotatable bonds is 12. The Morgan fingerprint density at radius 2 is 1.97 bits per heavy atom. The van der Waals surface area contributed by atoms with Crippen LogP contribution in [0.4, 0.5) is 9.52 Å². The van der Waals surface area contributed by atoms with Crippen LogP contribution in [0, 0.1) is 5.82 Å². The van der Waals surface area contributed by atoms with Gasteiger partial charge in [0.25, 0.3) is 5.91 Å². The first-order valence-corrected chi connectivity index (χ1v) is 11.8. The summed E-state index contributed by atoms with van der Waals surface area (Å²) in [6.45, 7) is 6.41. The van der Waals surface area contributed by atoms with Crippen LogP contribution in [-0.4, -0.2) is 50.9 Å². The van der Waals surface area contributed by atoms with Gasteiger partial charge in [0, 0.05) is 38.6 Å². The number of anilines is 1. The van der Waals surface area contributed by atoms with E-state index in [1.807, 2.05) is 24.6 Å². The monoisotopic (exact) mass is 472 g/mol. The highest BCUT2D eigenvalue weighted by Gasteiger charge is 2.21. The zero-order valence-electron chi connectivity index (χ0n) is 18.8. The molecule has 0 saturated carbocycles. The van der Waals surface area contributed by atoms with E-state index in [0.717, 1.165) is 18.5 Å². The molecule has 2 aromatic heterocycles. The second kappa shape index (κ2) is 12.1. The van der Waals surface area contributed by atoms with Crippen molar-refractivity contribution in [2.45, 2.75) is 39.3 Å². The average Bonchev–Trinajstić information content (AvgIpc) is 3.50. The van der Waals surface area contributed by atoms with E-state index in [9.17, 15) is 14.0 Å². The molecule has 1 aromatic carbocycles. The van der Waals surface area contributed by atoms with Crippen molar-refractivity contribution in [3.8, 4) is 0 Å². The molecule has 1 unspecified atom stereocenters. The van der Waals surface area contributed by atoms with Crippen molar-refractivity contribution < 1.29 is 14.0 Å². The van der Waals surface area contributed by atoms with Crippen molar-refractivity contribution in [1.82, 2.24) is 24.8 Å². The number of halogens is 1. The van der Waals surface area contributed by atoms with Crippen molar-refractivity contribution in [3.05, 3.63) is 65.4 Å². The third kappa shape index (κ3) is 7.11. The topological polar surface area (TPSA) is 92.1 Å². The molecule has 0 radical (unpaired) electrons. The normalized spacial score (nSPS) is 11.7. The molecular formula is C23H29FN6O2S. The molecule has 8 nitrogen and oxygen atoms in total. The predicted octanol–water partition coefficient (Wildman–Crippen LogP) is 3.71. The van der Waals surface area contributed by atoms with Gasteiger partial charge < -0.3 is 20.1 Å². The second-order valence-electron chi connectivity index (χ2n) is 7.46. The summed E-state index contributed by atoms with van der Waals surface area (Å²) >= 11 is 1.22. The van der Waals surface area contributed by atoms with Crippen LogP contribution < -0.4 is 10.6 Å². The van der Waals surface area contributed by atoms with Crippen molar-refractivity contribution in [2.24, 2.45) is 0 Å². The zero-order chi connectivity index (χ0) is 23.6. The van der Waals surface area contributed by atoms with Gasteiger partial charge in [-0.25, -0.2) is 14.4 Å². The third-order valence-electron chi connectivity index (χ3n) is 5.23. The Bertz CT molecular complexity index is 1020. The molecule has 0 bridgehead atoms. The summed E-state index contributed by atoms with van der Waals surface area (Å²) in [6, 6.07) is 5.66. The molecule has 0 saturated heterocycles. The van der Waals surface area contributed by atoms with Crippen LogP contribution in [0.5, 0.6) is 0 Å². The van der Waals surface area contributed by atoms with Gasteiger partial charge in [0.2, 0.25) is 5.91 Å². The smallest absolute Gasteiger partial charge is 0.263 e. The van der Waals surface area contributed by atoms with E-state index in [1.54, 1.807) is 29.6 Å². The summed E-state index contributed by atoms with van der Waals surface area (Å²) in [4.78, 5) is 35.7. The molecule has 2 heterocycles. The number of carbonyl (C=O) groups is 2. The summed E-state index contributed by atoms with van der Waals surface area (Å²) in [7, 11) is 0. The second-order valence-corrected chi connectivity index (χ2v) is 8.49. The van der Waals surface area contributed by atoms with Crippen LogP contribution in [-0.2, 0) is 11.3 Å². The molecule has 0 aliphatic rings. The number of aromatic nitrogens is 3. The largest absolute Gasteiger partial charge is 0.354 e. The minimum Gasteiger partial charge on any atom is -0.354 e. The molecule has 176 valence electrons. The Morgan fingerprint density at radius 1 is 1.21 bits per heavy atom. The number of amides is 2. The highest BCUT2D eigenvalue weighted by atomic mass is 32.1. The van der Waals surface area contributed by atoms with E-state index in [1.165, 1.54) is 29.7 Å². The number of benzene rings is 1. The van der Waals surface area contributed by atoms with Gasteiger partial charge in [-0.15, -0.1) is 0 Å². The molecule has 3 aromatic rings. The van der Waals surface area contributed by atoms with Gasteiger partial charge in [-0.3, -0.25) is 9.59 Å². The quantitative estimate of drug-likeness (QED) is 0.392. The standard InChI is InChI=1S/C23H29FN6O2S/c1-3-30(4-2)21(31)14-19(17-6-8-18(24)9-7-17)28-23-27-15-20(33-23)22(32)26-10-5-12-29-13-11-25-16-29/h6-9,11,13,15-16,19H,3-5,10,12,14H2,1-2H3,(H,26,32)(H,27,28). The molecule has 0 fully saturated rings. The van der Waals surface area contributed by atoms with Crippen LogP contribution in [0.2, 0.25) is 0 Å². The first-order valence-electron chi connectivity index (χ1n) is 11.0. The van der Waals surface area contributed by atoms with Gasteiger partial charge >= 0.3 is 0 Å². The van der Waals surface area contributed by atoms with Crippen LogP contribution in [0.3, 0.4) is 0 Å². The third-order valence-corrected chi connectivity index (χ3v) is 6.16. The Balaban J connectivity index is 1.61. The molecule has 33 heavy (non-hydrogen) atoms. The lowest BCUT2D eigenvalue weighted by Gasteiger charge is -2.23. The van der Waals surface area contributed by atoms with E-state index < -0.39 is 6.04 Å². The minimum absolute atomic E-state index is 0.00533. The van der Waals surface area contributed by atoms with E-state index in [0.29, 0.717) is 29.6 Å². The lowest BCUT2D eigenvalue weighted by Crippen LogP contribution is -2.32. The number of carbonyl (C=O) groups excluding carboxylic acids is 2. The fraction of sp³-hybridized carbons (Fsp3) is 0.391. The Labute approximate surface area is 196 Å². The molecular weight excluding hydrogens is 443 g/mol. The Morgan fingerprint density at radius 3 is 2.64 bits per heavy atom. The van der Waals surface area contributed by atoms with E-state index in [2.05, 4.69) is 20.6 Å². The fourth-order valence-corrected chi connectivity index (χ4v) is 4.18. The first kappa shape index (κ1) is 24.4. The molecule has 1 atom stereocenters. The molecule has 0 aliphatic carbocycles. The zero-order valence-corrected chi connectivity index (χ0v) is 19.6. The minimum atomic E-state index is -0.393. The van der Waals surface area contributed by atoms with Gasteiger partial charge in [0.15, 0.2) is 5.13 Å². The molecule has 2 amide bonds. The first-order chi connectivity index (χ1) is 16.0. The number of thiazole rings is 1. The molecule has 10 heteroatoms. The van der Waals surface area contributed by atoms with Crippen LogP contribution >= 0.6 is 11.3 Å². The SMILES string of the molecule is CCN(CC)C(=O)CC(Nc1ncc(C(=O)NCCCn2ccnc2)s1)c1ccc(F)cc1. The maximum Gasteiger partial charge on any atom is 0.263 e. The van der Waals surface area contributed by atoms with E-state index in [4.69, 9.17) is 0 Å². The highest BCUT2D eigenvalue weighted by molar-refractivity contribution is 7.17. The summed E-state index contributed by atoms with van der Waals surface area (Å²) in [5, 5.41) is 6.68. The average molecular weight is 473 g/mol. The fourth-order valence-electron chi connectivity index (χ4n) is 3.39. The van der Waals surface area contributed by atoms with Crippen molar-refractivity contribution in [3.63, 3.8) is 0 Å². The summed E-state index contributed by atoms with van der Waals surface area (Å²) in [6.07, 6.45) is 7.84. The maximum absolute atomic E-state index is 13.4. The summed E-state index contributed by atoms with van der Waals surface area (Å²) < 4.78 is 15.4. The molecule has 3 rings (SSSR count). The number of hydrogen-bond donors (Lipinski definition) is 2. The molecule has 2 N–H and O–H groups in total. The predicted molar refractivity (Wildman–Crippen MR) is 127 cm³/mol. The van der Waals surface area contributed by atoms with Crippen LogP contribution in [0.25, 0.3) is 0 Å². The van der Waals surface area contributed by atoms with Gasteiger partial charge in [0.1, 0.15) is 10.7 Å². The Hall–Kier alpha value is -3.27. The van der Waals surface area contributed by atoms with Crippen molar-refractivity contribution in [1.29, 1.82) is 0 Å². The highest BCUT2D eigenvalue weighted by Crippen LogP contribution is 2.27. The van der Waals surface area contributed by atoms with Crippen molar-refractivity contribution >= 4 is 28.3 Å². The van der Waals surface area contributed by atoms with Gasteiger partial charge in [0.05, 0.1) is 25.0 Å². The van der Waals surface area contributed by atoms with Gasteiger partial charge in [-0.05, 0) is 38.0 Å². The summed E-state index contributed by atoms with van der Waals surface area (Å²) in [5.74, 6) is -0.535. The molecule has 0 aliphatic heterocycles. The van der Waals surface area contributed by atoms with E-state index in [-0.39, 0.29) is 24.1 Å². The summed E-state index contributed by atoms with van der Waals surface area (Å²) in [5.41, 5.74) is 0.776. The number of imidazole rings is 1. The number of nitrogens with one attached hydrogen (secondary N) is 2. The number of nitrogens with zero attached hydrogens (tertiary/aromatic N) is 4. The maximum atomic E-state index is 13.4. The van der Waals surface area contributed by atoms with Gasteiger partial charge in [-0.1, -0.05) is 23.5 Å². The van der Waals surface area contributed by atoms with E-state index >= 15 is 0 Å². The van der Waals surface area contributed by atoms with Gasteiger partial charge in [-0.2, -0.15) is 0 Å². The Kier molecular flexibility index (Phi) is 8.94. The van der Waals surface area contributed by atoms with Crippen LogP contribution in [0.1, 0.15) is 48.0 Å². The number of aryl methyl sites for hydroxylation is 1. The lowest BCUT2D eigenvalue weighted by atomic mass is 10.0. The lowest BCUT2D eigenvalue weighted by molar-refractivity contribution is -0.131.